The number of ether oxygens (including phenoxy) is 3. The van der Waals surface area contributed by atoms with Crippen LogP contribution >= 0.6 is 65.3 Å². The lowest BCUT2D eigenvalue weighted by Crippen LogP contribution is -2.51. The summed E-state index contributed by atoms with van der Waals surface area (Å²) in [5.41, 5.74) is 5.98. The van der Waals surface area contributed by atoms with Crippen LogP contribution in [0.1, 0.15) is 113 Å². The number of fused-ring (bicyclic) bond motifs is 5. The molecule has 3 fully saturated rings. The van der Waals surface area contributed by atoms with E-state index >= 15 is 4.39 Å². The molecule has 72 heavy (non-hydrogen) atoms. The number of halogens is 1. The van der Waals surface area contributed by atoms with E-state index in [1.807, 2.05) is 52.0 Å². The molecule has 4 N–H and O–H groups in total. The second-order valence-electron chi connectivity index (χ2n) is 18.9. The van der Waals surface area contributed by atoms with E-state index in [2.05, 4.69) is 42.7 Å². The number of carbonyl (C=O) groups is 4. The summed E-state index contributed by atoms with van der Waals surface area (Å²) >= 11 is 1.65. The van der Waals surface area contributed by atoms with Crippen molar-refractivity contribution >= 4 is 100 Å². The number of carbonyl (C=O) groups excluding carboxylic acids is 4. The monoisotopic (exact) mass is 1080 g/mol. The summed E-state index contributed by atoms with van der Waals surface area (Å²) in [7, 11) is 2.55. The number of aromatic nitrogens is 5. The van der Waals surface area contributed by atoms with Gasteiger partial charge in [0.25, 0.3) is 0 Å². The Kier molecular flexibility index (Phi) is 17.8. The lowest BCUT2D eigenvalue weighted by Gasteiger charge is -2.31. The molecule has 7 heterocycles. The second-order valence-corrected chi connectivity index (χ2v) is 19.9. The van der Waals surface area contributed by atoms with Crippen LogP contribution in [-0.4, -0.2) is 97.7 Å². The normalized spacial score (nSPS) is 18.7. The molecule has 0 radical (unpaired) electrons. The zero-order valence-corrected chi connectivity index (χ0v) is 45.7. The van der Waals surface area contributed by atoms with Crippen molar-refractivity contribution in [1.82, 2.24) is 44.9 Å². The van der Waals surface area contributed by atoms with Gasteiger partial charge in [-0.25, -0.2) is 23.9 Å². The van der Waals surface area contributed by atoms with Gasteiger partial charge in [-0.05, 0) is 104 Å². The maximum atomic E-state index is 17.0. The molecular weight excluding hydrogens is 1020 g/mol. The molecule has 5 atom stereocenters. The fraction of sp³-hybridized carbons (Fsp3) is 0.440. The zero-order valence-electron chi connectivity index (χ0n) is 40.9. The molecule has 1 saturated carbocycles. The quantitative estimate of drug-likeness (QED) is 0.0925. The minimum absolute atomic E-state index is 0. The second kappa shape index (κ2) is 22.9. The lowest BCUT2D eigenvalue weighted by molar-refractivity contribution is -0.136. The van der Waals surface area contributed by atoms with E-state index in [0.29, 0.717) is 65.3 Å². The molecule has 1 unspecified atom stereocenters. The van der Waals surface area contributed by atoms with Crippen LogP contribution in [0.4, 0.5) is 14.0 Å². The Bertz CT molecular complexity index is 2930. The number of H-pyrrole nitrogens is 2. The maximum Gasteiger partial charge on any atom is 0.407 e. The van der Waals surface area contributed by atoms with Crippen LogP contribution in [0, 0.1) is 17.7 Å². The Morgan fingerprint density at radius 1 is 0.750 bits per heavy atom. The van der Waals surface area contributed by atoms with Gasteiger partial charge in [-0.2, -0.15) is 54.0 Å². The molecule has 2 aromatic carbocycles. The van der Waals surface area contributed by atoms with E-state index < -0.39 is 36.3 Å². The van der Waals surface area contributed by atoms with Gasteiger partial charge in [-0.3, -0.25) is 14.2 Å². The lowest BCUT2D eigenvalue weighted by atomic mass is 10.0. The summed E-state index contributed by atoms with van der Waals surface area (Å²) < 4.78 is 35.6. The van der Waals surface area contributed by atoms with Gasteiger partial charge in [0, 0.05) is 29.6 Å². The minimum Gasteiger partial charge on any atom is -0.464 e. The SMILES string of the molecule is COC(=O)N[C@H](C(=O)N1CCC[C@H]1c1ncc(-c2cc(F)c3c(c2)OC(c2sccc2C2CC2)n2c-3cc3cc(-c4cnc([C@@H]5CCCN5C(=O)[C@@H](NC(=O)OC)C(C)C)[nH]4)ccc32)[nH]1)C(C)C.S.S.S.S. The van der Waals surface area contributed by atoms with Crippen molar-refractivity contribution in [3.63, 3.8) is 0 Å². The van der Waals surface area contributed by atoms with Crippen LogP contribution in [0.5, 0.6) is 5.75 Å². The fourth-order valence-electron chi connectivity index (χ4n) is 10.2. The third-order valence-corrected chi connectivity index (χ3v) is 14.9. The smallest absolute Gasteiger partial charge is 0.407 e. The number of benzene rings is 2. The molecule has 6 aromatic rings. The van der Waals surface area contributed by atoms with Crippen molar-refractivity contribution in [3.8, 4) is 39.5 Å². The molecule has 4 amide bonds. The van der Waals surface area contributed by atoms with Crippen LogP contribution in [0.3, 0.4) is 0 Å². The molecular formula is C50H64FN9O7S5. The molecule has 388 valence electrons. The highest BCUT2D eigenvalue weighted by Crippen LogP contribution is 2.52. The topological polar surface area (TPSA) is 189 Å². The first-order chi connectivity index (χ1) is 32.8. The number of likely N-dealkylation sites (tertiary alicyclic amines) is 2. The molecule has 0 bridgehead atoms. The predicted molar refractivity (Wildman–Crippen MR) is 295 cm³/mol. The average molecular weight is 1080 g/mol. The number of hydrogen-bond acceptors (Lipinski definition) is 10. The van der Waals surface area contributed by atoms with Crippen molar-refractivity contribution < 1.29 is 37.8 Å². The minimum atomic E-state index is -0.768. The molecule has 10 rings (SSSR count). The molecule has 1 aliphatic carbocycles. The molecule has 4 aliphatic rings. The number of nitrogens with one attached hydrogen (secondary N) is 4. The predicted octanol–water partition coefficient (Wildman–Crippen LogP) is 9.65. The van der Waals surface area contributed by atoms with Gasteiger partial charge in [0.15, 0.2) is 0 Å². The van der Waals surface area contributed by atoms with E-state index in [4.69, 9.17) is 24.2 Å². The summed E-state index contributed by atoms with van der Waals surface area (Å²) in [6.45, 7) is 8.59. The van der Waals surface area contributed by atoms with E-state index in [1.54, 1.807) is 33.5 Å². The van der Waals surface area contributed by atoms with E-state index in [0.717, 1.165) is 59.1 Å². The first-order valence-corrected chi connectivity index (χ1v) is 24.3. The first-order valence-electron chi connectivity index (χ1n) is 23.5. The van der Waals surface area contributed by atoms with Gasteiger partial charge < -0.3 is 44.6 Å². The standard InChI is InChI=1S/C50H56FN9O7S.4H2S/c1-25(2)41(56-49(63)65-5)46(61)58-16-7-9-36(58)44-52-23-33(54-44)28-13-14-35-30(19-28)21-38-40-32(51)20-29(22-39(40)67-48(60(35)38)43-31(15-18-68-43)27-11-12-27)34-24-53-45(55-34)37-10-8-17-59(37)47(62)42(26(3)4)57-50(64)66-6;;;;/h13-15,18-27,36-37,41-42,48H,7-12,16-17H2,1-6H3,(H,52,54)(H,53,55)(H,56,63)(H,57,64);4*1H2/t36-,37-,41-,42-,48?;;;;/m0..../s1. The molecule has 22 heteroatoms. The number of alkyl carbamates (subject to hydrolysis) is 2. The number of nitrogens with zero attached hydrogens (tertiary/aromatic N) is 5. The molecule has 2 saturated heterocycles. The Labute approximate surface area is 449 Å². The van der Waals surface area contributed by atoms with Crippen LogP contribution < -0.4 is 15.4 Å². The van der Waals surface area contributed by atoms with Gasteiger partial charge in [-0.15, -0.1) is 11.3 Å². The van der Waals surface area contributed by atoms with Crippen LogP contribution in [-0.2, 0) is 19.1 Å². The summed E-state index contributed by atoms with van der Waals surface area (Å²) in [5.74, 6) is 0.955. The van der Waals surface area contributed by atoms with Crippen LogP contribution in [0.2, 0.25) is 0 Å². The van der Waals surface area contributed by atoms with Gasteiger partial charge in [0.2, 0.25) is 18.0 Å². The largest absolute Gasteiger partial charge is 0.464 e. The van der Waals surface area contributed by atoms with Gasteiger partial charge in [0.05, 0.1) is 71.7 Å². The number of hydrogen-bond donors (Lipinski definition) is 4. The maximum absolute atomic E-state index is 17.0. The van der Waals surface area contributed by atoms with Crippen LogP contribution in [0.15, 0.2) is 60.2 Å². The van der Waals surface area contributed by atoms with Crippen molar-refractivity contribution in [2.24, 2.45) is 11.8 Å². The average Bonchev–Trinajstić information content (AvgIpc) is 4.05. The number of imidazole rings is 2. The molecule has 16 nitrogen and oxygen atoms in total. The van der Waals surface area contributed by atoms with Crippen molar-refractivity contribution in [2.75, 3.05) is 27.3 Å². The number of aromatic amines is 2. The highest BCUT2D eigenvalue weighted by molar-refractivity contribution is 7.59. The van der Waals surface area contributed by atoms with Crippen molar-refractivity contribution in [1.29, 1.82) is 0 Å². The van der Waals surface area contributed by atoms with E-state index in [1.165, 1.54) is 25.8 Å². The number of methoxy groups -OCH3 is 2. The zero-order chi connectivity index (χ0) is 47.5. The highest BCUT2D eigenvalue weighted by Gasteiger charge is 2.41. The summed E-state index contributed by atoms with van der Waals surface area (Å²) in [5, 5.41) is 8.40. The Morgan fingerprint density at radius 2 is 1.31 bits per heavy atom. The van der Waals surface area contributed by atoms with Crippen LogP contribution in [0.25, 0.3) is 44.7 Å². The Morgan fingerprint density at radius 3 is 1.83 bits per heavy atom. The fourth-order valence-corrected chi connectivity index (χ4v) is 11.2. The van der Waals surface area contributed by atoms with Gasteiger partial charge in [-0.1, -0.05) is 33.8 Å². The summed E-state index contributed by atoms with van der Waals surface area (Å²) in [6.07, 6.45) is 6.78. The summed E-state index contributed by atoms with van der Waals surface area (Å²) in [4.78, 5) is 72.9. The Balaban J connectivity index is 0.00000212. The molecule has 4 aromatic heterocycles. The molecule has 3 aliphatic heterocycles. The van der Waals surface area contributed by atoms with Gasteiger partial charge >= 0.3 is 12.2 Å². The van der Waals surface area contributed by atoms with Crippen molar-refractivity contribution in [2.45, 2.75) is 103 Å². The highest BCUT2D eigenvalue weighted by atomic mass is 32.1. The van der Waals surface area contributed by atoms with E-state index in [9.17, 15) is 19.2 Å². The Hall–Kier alpha value is -5.29. The van der Waals surface area contributed by atoms with E-state index in [-0.39, 0.29) is 89.7 Å². The number of thiophene rings is 1. The summed E-state index contributed by atoms with van der Waals surface area (Å²) in [6, 6.07) is 11.6. The van der Waals surface area contributed by atoms with Gasteiger partial charge in [0.1, 0.15) is 35.3 Å². The number of amides is 4. The number of rotatable bonds is 12. The first kappa shape index (κ1) is 56.0. The third kappa shape index (κ3) is 10.4. The molecule has 0 spiro atoms. The third-order valence-electron chi connectivity index (χ3n) is 13.9. The van der Waals surface area contributed by atoms with Crippen molar-refractivity contribution in [3.05, 3.63) is 88.1 Å².